The van der Waals surface area contributed by atoms with Crippen LogP contribution in [0.5, 0.6) is 11.5 Å². The van der Waals surface area contributed by atoms with Crippen molar-refractivity contribution in [1.29, 1.82) is 5.26 Å². The molecule has 0 spiro atoms. The van der Waals surface area contributed by atoms with Gasteiger partial charge in [-0.3, -0.25) is 4.79 Å². The van der Waals surface area contributed by atoms with Crippen molar-refractivity contribution in [2.75, 3.05) is 17.9 Å². The van der Waals surface area contributed by atoms with Crippen molar-refractivity contribution in [2.24, 2.45) is 0 Å². The monoisotopic (exact) mass is 409 g/mol. The Morgan fingerprint density at radius 2 is 2.07 bits per heavy atom. The Kier molecular flexibility index (Phi) is 5.65. The first-order chi connectivity index (χ1) is 13.3. The highest BCUT2D eigenvalue weighted by molar-refractivity contribution is 7.99. The average Bonchev–Trinajstić information content (AvgIpc) is 3.08. The predicted molar refractivity (Wildman–Crippen MR) is 95.2 cm³/mol. The zero-order valence-corrected chi connectivity index (χ0v) is 15.4. The number of carbonyl (C=O) groups is 1. The average molecular weight is 409 g/mol. The molecule has 1 aliphatic rings. The van der Waals surface area contributed by atoms with Crippen LogP contribution < -0.4 is 14.8 Å². The van der Waals surface area contributed by atoms with Crippen LogP contribution in [0.25, 0.3) is 0 Å². The van der Waals surface area contributed by atoms with Crippen LogP contribution in [0.2, 0.25) is 0 Å². The first-order valence-corrected chi connectivity index (χ1v) is 9.07. The second-order valence-electron chi connectivity index (χ2n) is 5.82. The maximum absolute atomic E-state index is 13.1. The Labute approximate surface area is 162 Å². The van der Waals surface area contributed by atoms with Gasteiger partial charge in [0, 0.05) is 29.6 Å². The van der Waals surface area contributed by atoms with Gasteiger partial charge in [0.05, 0.1) is 11.1 Å². The van der Waals surface area contributed by atoms with Crippen LogP contribution in [0.1, 0.15) is 23.2 Å². The fourth-order valence-electron chi connectivity index (χ4n) is 2.52. The van der Waals surface area contributed by atoms with Gasteiger partial charge in [-0.15, -0.1) is 11.8 Å². The van der Waals surface area contributed by atoms with Crippen LogP contribution in [0.4, 0.5) is 18.9 Å². The summed E-state index contributed by atoms with van der Waals surface area (Å²) < 4.78 is 49.7. The van der Waals surface area contributed by atoms with Crippen molar-refractivity contribution in [3.8, 4) is 17.6 Å². The lowest BCUT2D eigenvalue weighted by Gasteiger charge is -2.12. The molecule has 0 aliphatic carbocycles. The highest BCUT2D eigenvalue weighted by Gasteiger charge is 2.35. The first-order valence-electron chi connectivity index (χ1n) is 8.09. The van der Waals surface area contributed by atoms with E-state index in [1.807, 2.05) is 0 Å². The zero-order chi connectivity index (χ0) is 20.3. The third-order valence-corrected chi connectivity index (χ3v) is 4.73. The SMILES string of the molecule is Cc1cc(C(F)(F)F)c(C#N)c(SCCC(=O)Nc2ccc3c(c2)OCO3)n1. The number of ether oxygens (including phenoxy) is 2. The van der Waals surface area contributed by atoms with Gasteiger partial charge in [0.25, 0.3) is 0 Å². The number of halogens is 3. The molecule has 6 nitrogen and oxygen atoms in total. The molecule has 1 N–H and O–H groups in total. The van der Waals surface area contributed by atoms with Gasteiger partial charge >= 0.3 is 6.18 Å². The molecule has 0 bridgehead atoms. The maximum atomic E-state index is 13.1. The summed E-state index contributed by atoms with van der Waals surface area (Å²) in [5.41, 5.74) is -0.877. The Morgan fingerprint density at radius 3 is 2.79 bits per heavy atom. The number of aromatic nitrogens is 1. The molecule has 1 amide bonds. The minimum Gasteiger partial charge on any atom is -0.454 e. The van der Waals surface area contributed by atoms with Crippen molar-refractivity contribution in [2.45, 2.75) is 24.5 Å². The van der Waals surface area contributed by atoms with Gasteiger partial charge in [0.15, 0.2) is 11.5 Å². The van der Waals surface area contributed by atoms with Crippen molar-refractivity contribution in [1.82, 2.24) is 4.98 Å². The quantitative estimate of drug-likeness (QED) is 0.748. The molecule has 1 aliphatic heterocycles. The Hall–Kier alpha value is -2.93. The topological polar surface area (TPSA) is 84.2 Å². The van der Waals surface area contributed by atoms with Crippen molar-refractivity contribution < 1.29 is 27.4 Å². The Morgan fingerprint density at radius 1 is 1.32 bits per heavy atom. The molecule has 0 atom stereocenters. The van der Waals surface area contributed by atoms with E-state index in [4.69, 9.17) is 14.7 Å². The lowest BCUT2D eigenvalue weighted by Crippen LogP contribution is -2.13. The lowest BCUT2D eigenvalue weighted by molar-refractivity contribution is -0.138. The standard InChI is InChI=1S/C18H14F3N3O3S/c1-10-6-13(18(19,20)21)12(8-22)17(23-10)28-5-4-16(25)24-11-2-3-14-15(7-11)27-9-26-14/h2-3,6-7H,4-5,9H2,1H3,(H,24,25). The molecule has 2 heterocycles. The summed E-state index contributed by atoms with van der Waals surface area (Å²) in [5.74, 6) is 0.949. The molecule has 0 unspecified atom stereocenters. The van der Waals surface area contributed by atoms with Crippen molar-refractivity contribution >= 4 is 23.4 Å². The second kappa shape index (κ2) is 7.98. The highest BCUT2D eigenvalue weighted by atomic mass is 32.2. The van der Waals surface area contributed by atoms with Crippen LogP contribution in [0.3, 0.4) is 0 Å². The number of alkyl halides is 3. The largest absolute Gasteiger partial charge is 0.454 e. The number of carbonyl (C=O) groups excluding carboxylic acids is 1. The Balaban J connectivity index is 1.62. The molecule has 1 aromatic heterocycles. The molecule has 0 radical (unpaired) electrons. The predicted octanol–water partition coefficient (Wildman–Crippen LogP) is 4.13. The number of nitrogens with one attached hydrogen (secondary N) is 1. The van der Waals surface area contributed by atoms with E-state index < -0.39 is 17.3 Å². The number of benzene rings is 1. The van der Waals surface area contributed by atoms with E-state index in [1.165, 1.54) is 6.92 Å². The summed E-state index contributed by atoms with van der Waals surface area (Å²) >= 11 is 0.936. The summed E-state index contributed by atoms with van der Waals surface area (Å²) in [5, 5.41) is 11.8. The molecule has 3 rings (SSSR count). The van der Waals surface area contributed by atoms with Gasteiger partial charge in [-0.2, -0.15) is 18.4 Å². The van der Waals surface area contributed by atoms with Gasteiger partial charge in [-0.05, 0) is 25.1 Å². The van der Waals surface area contributed by atoms with E-state index in [-0.39, 0.29) is 35.6 Å². The maximum Gasteiger partial charge on any atom is 0.417 e. The number of pyridine rings is 1. The zero-order valence-electron chi connectivity index (χ0n) is 14.6. The smallest absolute Gasteiger partial charge is 0.417 e. The number of nitriles is 1. The van der Waals surface area contributed by atoms with E-state index in [1.54, 1.807) is 24.3 Å². The Bertz CT molecular complexity index is 958. The van der Waals surface area contributed by atoms with Crippen LogP contribution in [-0.2, 0) is 11.0 Å². The van der Waals surface area contributed by atoms with Crippen LogP contribution in [-0.4, -0.2) is 23.4 Å². The number of nitrogens with zero attached hydrogens (tertiary/aromatic N) is 2. The van der Waals surface area contributed by atoms with E-state index in [2.05, 4.69) is 10.3 Å². The van der Waals surface area contributed by atoms with Crippen LogP contribution in [0, 0.1) is 18.3 Å². The summed E-state index contributed by atoms with van der Waals surface area (Å²) in [6.45, 7) is 1.54. The molecule has 1 aromatic carbocycles. The molecule has 146 valence electrons. The normalized spacial score (nSPS) is 12.5. The molecule has 0 saturated heterocycles. The fourth-order valence-corrected chi connectivity index (χ4v) is 3.51. The van der Waals surface area contributed by atoms with E-state index in [0.29, 0.717) is 17.2 Å². The third-order valence-electron chi connectivity index (χ3n) is 3.76. The highest BCUT2D eigenvalue weighted by Crippen LogP contribution is 2.36. The number of anilines is 1. The van der Waals surface area contributed by atoms with E-state index >= 15 is 0 Å². The first kappa shape index (κ1) is 19.8. The van der Waals surface area contributed by atoms with Gasteiger partial charge in [-0.1, -0.05) is 0 Å². The number of aryl methyl sites for hydroxylation is 1. The van der Waals surface area contributed by atoms with Crippen LogP contribution in [0.15, 0.2) is 29.3 Å². The molecular formula is C18H14F3N3O3S. The number of hydrogen-bond donors (Lipinski definition) is 1. The summed E-state index contributed by atoms with van der Waals surface area (Å²) in [4.78, 5) is 16.1. The minimum atomic E-state index is -4.65. The van der Waals surface area contributed by atoms with Gasteiger partial charge in [-0.25, -0.2) is 4.98 Å². The summed E-state index contributed by atoms with van der Waals surface area (Å²) in [7, 11) is 0. The van der Waals surface area contributed by atoms with Crippen molar-refractivity contribution in [3.63, 3.8) is 0 Å². The van der Waals surface area contributed by atoms with Gasteiger partial charge in [0.2, 0.25) is 12.7 Å². The molecule has 0 fully saturated rings. The van der Waals surface area contributed by atoms with Crippen molar-refractivity contribution in [3.05, 3.63) is 41.1 Å². The molecule has 2 aromatic rings. The number of rotatable bonds is 5. The number of amides is 1. The number of fused-ring (bicyclic) bond motifs is 1. The summed E-state index contributed by atoms with van der Waals surface area (Å²) in [6.07, 6.45) is -4.62. The fraction of sp³-hybridized carbons (Fsp3) is 0.278. The molecular weight excluding hydrogens is 395 g/mol. The minimum absolute atomic E-state index is 0.0287. The van der Waals surface area contributed by atoms with Crippen LogP contribution >= 0.6 is 11.8 Å². The number of thioether (sulfide) groups is 1. The second-order valence-corrected chi connectivity index (χ2v) is 6.90. The van der Waals surface area contributed by atoms with E-state index in [9.17, 15) is 18.0 Å². The van der Waals surface area contributed by atoms with Gasteiger partial charge < -0.3 is 14.8 Å². The third kappa shape index (κ3) is 4.48. The molecule has 10 heteroatoms. The molecule has 0 saturated carbocycles. The number of hydrogen-bond acceptors (Lipinski definition) is 6. The van der Waals surface area contributed by atoms with Gasteiger partial charge in [0.1, 0.15) is 11.1 Å². The lowest BCUT2D eigenvalue weighted by atomic mass is 10.1. The van der Waals surface area contributed by atoms with E-state index in [0.717, 1.165) is 17.8 Å². The molecule has 28 heavy (non-hydrogen) atoms. The summed E-state index contributed by atoms with van der Waals surface area (Å²) in [6, 6.07) is 7.36.